The Bertz CT molecular complexity index is 712. The van der Waals surface area contributed by atoms with Gasteiger partial charge in [-0.3, -0.25) is 4.79 Å². The molecule has 0 heterocycles. The second kappa shape index (κ2) is 9.64. The van der Waals surface area contributed by atoms with Gasteiger partial charge in [0.25, 0.3) is 5.91 Å². The van der Waals surface area contributed by atoms with E-state index in [1.165, 1.54) is 14.0 Å². The number of anilines is 1. The van der Waals surface area contributed by atoms with Crippen LogP contribution in [-0.2, 0) is 20.8 Å². The highest BCUT2D eigenvalue weighted by Gasteiger charge is 2.29. The van der Waals surface area contributed by atoms with Crippen LogP contribution in [0, 0.1) is 5.92 Å². The molecule has 0 aliphatic heterocycles. The summed E-state index contributed by atoms with van der Waals surface area (Å²) in [4.78, 5) is 17.4. The molecular formula is C20H28N2O5. The van der Waals surface area contributed by atoms with Gasteiger partial charge in [0.05, 0.1) is 6.10 Å². The monoisotopic (exact) mass is 376 g/mol. The molecule has 0 spiro atoms. The lowest BCUT2D eigenvalue weighted by Gasteiger charge is -2.25. The summed E-state index contributed by atoms with van der Waals surface area (Å²) >= 11 is 0. The standard InChI is InChI=1S/C20H28N2O5/c1-12(2)20(26-4)18(19(25)13(3)23)22-27-11-17(24)21-16-10-6-8-14-7-5-9-15(14)16/h5-6,8-10,12-13,19-20,23,25H,7,11H2,1-4H3,(H,21,24)/b22-18+/t13-,19+,20+/m1/s1. The Balaban J connectivity index is 2.03. The lowest BCUT2D eigenvalue weighted by Crippen LogP contribution is -2.42. The van der Waals surface area contributed by atoms with Crippen molar-refractivity contribution in [2.75, 3.05) is 19.0 Å². The lowest BCUT2D eigenvalue weighted by molar-refractivity contribution is -0.120. The van der Waals surface area contributed by atoms with Crippen LogP contribution in [0.3, 0.4) is 0 Å². The van der Waals surface area contributed by atoms with Gasteiger partial charge in [-0.25, -0.2) is 0 Å². The van der Waals surface area contributed by atoms with E-state index in [9.17, 15) is 15.0 Å². The molecule has 0 saturated heterocycles. The molecule has 2 rings (SSSR count). The summed E-state index contributed by atoms with van der Waals surface area (Å²) in [6.45, 7) is 4.92. The number of carbonyl (C=O) groups is 1. The summed E-state index contributed by atoms with van der Waals surface area (Å²) in [6.07, 6.45) is 2.04. The smallest absolute Gasteiger partial charge is 0.265 e. The first-order chi connectivity index (χ1) is 12.8. The van der Waals surface area contributed by atoms with Crippen molar-refractivity contribution in [3.05, 3.63) is 35.4 Å². The van der Waals surface area contributed by atoms with Gasteiger partial charge in [-0.15, -0.1) is 0 Å². The predicted molar refractivity (Wildman–Crippen MR) is 105 cm³/mol. The number of rotatable bonds is 9. The van der Waals surface area contributed by atoms with Crippen LogP contribution in [-0.4, -0.2) is 53.9 Å². The van der Waals surface area contributed by atoms with Crippen LogP contribution in [0.25, 0.3) is 6.08 Å². The van der Waals surface area contributed by atoms with Crippen LogP contribution < -0.4 is 5.32 Å². The molecule has 0 fully saturated rings. The average molecular weight is 376 g/mol. The molecule has 1 aromatic rings. The third-order valence-corrected chi connectivity index (χ3v) is 4.37. The minimum absolute atomic E-state index is 0.00160. The molecule has 0 unspecified atom stereocenters. The van der Waals surface area contributed by atoms with Crippen molar-refractivity contribution >= 4 is 23.4 Å². The van der Waals surface area contributed by atoms with Crippen LogP contribution in [0.2, 0.25) is 0 Å². The quantitative estimate of drug-likeness (QED) is 0.452. The lowest BCUT2D eigenvalue weighted by atomic mass is 9.96. The maximum Gasteiger partial charge on any atom is 0.265 e. The number of oxime groups is 1. The first kappa shape index (κ1) is 21.1. The molecule has 3 N–H and O–H groups in total. The fraction of sp³-hybridized carbons (Fsp3) is 0.500. The third kappa shape index (κ3) is 5.38. The van der Waals surface area contributed by atoms with E-state index < -0.39 is 18.3 Å². The number of allylic oxidation sites excluding steroid dienone is 1. The highest BCUT2D eigenvalue weighted by atomic mass is 16.6. The van der Waals surface area contributed by atoms with E-state index in [-0.39, 0.29) is 24.1 Å². The minimum atomic E-state index is -1.25. The van der Waals surface area contributed by atoms with E-state index in [1.54, 1.807) is 0 Å². The molecular weight excluding hydrogens is 348 g/mol. The van der Waals surface area contributed by atoms with Crippen molar-refractivity contribution in [2.45, 2.75) is 45.5 Å². The van der Waals surface area contributed by atoms with E-state index >= 15 is 0 Å². The Labute approximate surface area is 159 Å². The second-order valence-electron chi connectivity index (χ2n) is 6.91. The Hall–Kier alpha value is -2.22. The summed E-state index contributed by atoms with van der Waals surface area (Å²) in [7, 11) is 1.49. The van der Waals surface area contributed by atoms with Gasteiger partial charge in [0.15, 0.2) is 6.61 Å². The number of nitrogens with one attached hydrogen (secondary N) is 1. The summed E-state index contributed by atoms with van der Waals surface area (Å²) in [5.74, 6) is -0.366. The zero-order chi connectivity index (χ0) is 20.0. The van der Waals surface area contributed by atoms with Crippen LogP contribution in [0.5, 0.6) is 0 Å². The summed E-state index contributed by atoms with van der Waals surface area (Å²) in [5.41, 5.74) is 3.03. The number of hydrogen-bond acceptors (Lipinski definition) is 6. The van der Waals surface area contributed by atoms with E-state index in [1.807, 2.05) is 44.2 Å². The molecule has 1 aromatic carbocycles. The number of aliphatic hydroxyl groups excluding tert-OH is 2. The Kier molecular flexibility index (Phi) is 7.53. The van der Waals surface area contributed by atoms with Gasteiger partial charge < -0.3 is 25.1 Å². The van der Waals surface area contributed by atoms with Gasteiger partial charge in [0.1, 0.15) is 17.9 Å². The fourth-order valence-electron chi connectivity index (χ4n) is 3.01. The molecule has 3 atom stereocenters. The number of carbonyl (C=O) groups excluding carboxylic acids is 1. The number of fused-ring (bicyclic) bond motifs is 1. The number of benzene rings is 1. The van der Waals surface area contributed by atoms with Crippen molar-refractivity contribution in [3.63, 3.8) is 0 Å². The number of methoxy groups -OCH3 is 1. The maximum absolute atomic E-state index is 12.2. The van der Waals surface area contributed by atoms with Crippen LogP contribution >= 0.6 is 0 Å². The van der Waals surface area contributed by atoms with Crippen molar-refractivity contribution in [1.29, 1.82) is 0 Å². The van der Waals surface area contributed by atoms with Gasteiger partial charge in [0, 0.05) is 18.4 Å². The normalized spacial score (nSPS) is 16.8. The van der Waals surface area contributed by atoms with Crippen molar-refractivity contribution in [2.24, 2.45) is 11.1 Å². The number of ether oxygens (including phenoxy) is 1. The average Bonchev–Trinajstić information content (AvgIpc) is 3.09. The highest BCUT2D eigenvalue weighted by molar-refractivity contribution is 5.95. The number of amides is 1. The van der Waals surface area contributed by atoms with Crippen molar-refractivity contribution < 1.29 is 24.6 Å². The van der Waals surface area contributed by atoms with Crippen molar-refractivity contribution in [1.82, 2.24) is 0 Å². The highest BCUT2D eigenvalue weighted by Crippen LogP contribution is 2.26. The zero-order valence-corrected chi connectivity index (χ0v) is 16.2. The predicted octanol–water partition coefficient (Wildman–Crippen LogP) is 1.98. The molecule has 0 bridgehead atoms. The molecule has 1 aliphatic carbocycles. The second-order valence-corrected chi connectivity index (χ2v) is 6.91. The molecule has 1 amide bonds. The Morgan fingerprint density at radius 2 is 2.04 bits per heavy atom. The SMILES string of the molecule is CO[C@H](/C(=N/OCC(=O)Nc1cccc2c1C=CC2)[C@@H](O)[C@@H](C)O)C(C)C. The van der Waals surface area contributed by atoms with Crippen LogP contribution in [0.4, 0.5) is 5.69 Å². The van der Waals surface area contributed by atoms with Crippen LogP contribution in [0.15, 0.2) is 29.4 Å². The molecule has 0 radical (unpaired) electrons. The van der Waals surface area contributed by atoms with E-state index in [0.717, 1.165) is 23.2 Å². The van der Waals surface area contributed by atoms with Gasteiger partial charge in [-0.2, -0.15) is 0 Å². The maximum atomic E-state index is 12.2. The molecule has 7 heteroatoms. The van der Waals surface area contributed by atoms with Crippen LogP contribution in [0.1, 0.15) is 31.9 Å². The number of aliphatic hydroxyl groups is 2. The molecule has 27 heavy (non-hydrogen) atoms. The van der Waals surface area contributed by atoms with Gasteiger partial charge in [-0.1, -0.05) is 43.3 Å². The Morgan fingerprint density at radius 3 is 2.67 bits per heavy atom. The van der Waals surface area contributed by atoms with Gasteiger partial charge in [0.2, 0.25) is 0 Å². The molecule has 148 valence electrons. The Morgan fingerprint density at radius 1 is 1.30 bits per heavy atom. The molecule has 0 saturated carbocycles. The molecule has 0 aromatic heterocycles. The van der Waals surface area contributed by atoms with E-state index in [4.69, 9.17) is 9.57 Å². The summed E-state index contributed by atoms with van der Waals surface area (Å²) in [6, 6.07) is 5.74. The summed E-state index contributed by atoms with van der Waals surface area (Å²) in [5, 5.41) is 26.6. The van der Waals surface area contributed by atoms with Gasteiger partial charge >= 0.3 is 0 Å². The van der Waals surface area contributed by atoms with E-state index in [0.29, 0.717) is 0 Å². The number of hydrogen-bond donors (Lipinski definition) is 3. The van der Waals surface area contributed by atoms with Gasteiger partial charge in [-0.05, 0) is 30.9 Å². The molecule has 7 nitrogen and oxygen atoms in total. The fourth-order valence-corrected chi connectivity index (χ4v) is 3.01. The topological polar surface area (TPSA) is 100 Å². The zero-order valence-electron chi connectivity index (χ0n) is 16.2. The largest absolute Gasteiger partial charge is 0.390 e. The first-order valence-electron chi connectivity index (χ1n) is 9.02. The minimum Gasteiger partial charge on any atom is -0.390 e. The summed E-state index contributed by atoms with van der Waals surface area (Å²) < 4.78 is 5.36. The first-order valence-corrected chi connectivity index (χ1v) is 9.02. The number of nitrogens with zero attached hydrogens (tertiary/aromatic N) is 1. The molecule has 1 aliphatic rings. The van der Waals surface area contributed by atoms with E-state index in [2.05, 4.69) is 10.5 Å². The van der Waals surface area contributed by atoms with Crippen molar-refractivity contribution in [3.8, 4) is 0 Å². The third-order valence-electron chi connectivity index (χ3n) is 4.37.